The number of hydrogen-bond donors (Lipinski definition) is 1. The minimum absolute atomic E-state index is 0.410. The van der Waals surface area contributed by atoms with E-state index in [9.17, 15) is 22.0 Å². The largest absolute Gasteiger partial charge is 0.418 e. The van der Waals surface area contributed by atoms with Gasteiger partial charge in [-0.1, -0.05) is 6.07 Å². The molecule has 0 unspecified atom stereocenters. The molecule has 0 saturated heterocycles. The number of hydrogen-bond acceptors (Lipinski definition) is 1. The lowest BCUT2D eigenvalue weighted by atomic mass is 10.1. The first-order valence-corrected chi connectivity index (χ1v) is 4.47. The Morgan fingerprint density at radius 2 is 1.73 bits per heavy atom. The monoisotopic (exact) mass is 289 g/mol. The molecule has 0 saturated carbocycles. The Bertz CT molecular complexity index is 374. The van der Waals surface area contributed by atoms with Crippen LogP contribution in [0.5, 0.6) is 0 Å². The molecule has 0 aliphatic heterocycles. The molecule has 2 N–H and O–H groups in total. The van der Waals surface area contributed by atoms with E-state index in [2.05, 4.69) is 15.9 Å². The number of nitrogen functional groups attached to an aromatic ring is 1. The van der Waals surface area contributed by atoms with Crippen molar-refractivity contribution < 1.29 is 22.0 Å². The van der Waals surface area contributed by atoms with Crippen molar-refractivity contribution in [2.24, 2.45) is 0 Å². The van der Waals surface area contributed by atoms with Gasteiger partial charge in [0.25, 0.3) is 6.43 Å². The van der Waals surface area contributed by atoms with Gasteiger partial charge >= 0.3 is 6.18 Å². The molecule has 84 valence electrons. The van der Waals surface area contributed by atoms with Gasteiger partial charge in [-0.25, -0.2) is 8.78 Å². The topological polar surface area (TPSA) is 26.0 Å². The van der Waals surface area contributed by atoms with Crippen molar-refractivity contribution >= 4 is 21.6 Å². The highest BCUT2D eigenvalue weighted by Gasteiger charge is 2.34. The maximum Gasteiger partial charge on any atom is 0.418 e. The molecule has 0 fully saturated rings. The van der Waals surface area contributed by atoms with Crippen molar-refractivity contribution in [2.75, 3.05) is 5.73 Å². The van der Waals surface area contributed by atoms with Crippen LogP contribution in [-0.2, 0) is 6.18 Å². The fraction of sp³-hybridized carbons (Fsp3) is 0.250. The minimum atomic E-state index is -4.65. The normalized spacial score (nSPS) is 12.2. The van der Waals surface area contributed by atoms with E-state index in [0.717, 1.165) is 0 Å². The molecule has 0 aliphatic carbocycles. The zero-order valence-electron chi connectivity index (χ0n) is 7.08. The van der Waals surface area contributed by atoms with Crippen molar-refractivity contribution in [3.8, 4) is 0 Å². The highest BCUT2D eigenvalue weighted by atomic mass is 79.9. The second-order valence-corrected chi connectivity index (χ2v) is 3.52. The molecule has 0 spiro atoms. The van der Waals surface area contributed by atoms with Crippen LogP contribution in [0.25, 0.3) is 0 Å². The fourth-order valence-corrected chi connectivity index (χ4v) is 1.54. The van der Waals surface area contributed by atoms with Gasteiger partial charge in [-0.2, -0.15) is 13.2 Å². The summed E-state index contributed by atoms with van der Waals surface area (Å²) in [4.78, 5) is 0. The minimum Gasteiger partial charge on any atom is -0.397 e. The van der Waals surface area contributed by atoms with E-state index in [-0.39, 0.29) is 0 Å². The van der Waals surface area contributed by atoms with Gasteiger partial charge in [0.2, 0.25) is 0 Å². The van der Waals surface area contributed by atoms with Gasteiger partial charge in [-0.15, -0.1) is 0 Å². The summed E-state index contributed by atoms with van der Waals surface area (Å²) in [5.41, 5.74) is 2.70. The predicted octanol–water partition coefficient (Wildman–Crippen LogP) is 3.99. The van der Waals surface area contributed by atoms with E-state index < -0.39 is 33.9 Å². The summed E-state index contributed by atoms with van der Waals surface area (Å²) in [5, 5.41) is 0. The molecule has 15 heavy (non-hydrogen) atoms. The summed E-state index contributed by atoms with van der Waals surface area (Å²) in [7, 11) is 0. The molecule has 1 aromatic carbocycles. The summed E-state index contributed by atoms with van der Waals surface area (Å²) in [6, 6.07) is 1.25. The summed E-state index contributed by atoms with van der Waals surface area (Å²) < 4.78 is 60.9. The van der Waals surface area contributed by atoms with E-state index in [1.165, 1.54) is 0 Å². The number of nitrogens with two attached hydrogens (primary N) is 1. The second kappa shape index (κ2) is 3.96. The van der Waals surface area contributed by atoms with Crippen LogP contribution in [0.3, 0.4) is 0 Å². The maximum atomic E-state index is 12.3. The molecule has 0 atom stereocenters. The molecule has 1 aromatic rings. The molecular formula is C8H5BrF5N. The molecule has 0 heterocycles. The quantitative estimate of drug-likeness (QED) is 0.614. The van der Waals surface area contributed by atoms with Gasteiger partial charge in [0.1, 0.15) is 0 Å². The SMILES string of the molecule is Nc1c(C(F)(F)F)ccc(C(F)F)c1Br. The number of benzene rings is 1. The Morgan fingerprint density at radius 3 is 2.13 bits per heavy atom. The summed E-state index contributed by atoms with van der Waals surface area (Å²) in [6.07, 6.45) is -7.52. The summed E-state index contributed by atoms with van der Waals surface area (Å²) in [5.74, 6) is 0. The van der Waals surface area contributed by atoms with Gasteiger partial charge in [0, 0.05) is 10.0 Å². The lowest BCUT2D eigenvalue weighted by molar-refractivity contribution is -0.137. The third-order valence-corrected chi connectivity index (χ3v) is 2.64. The summed E-state index contributed by atoms with van der Waals surface area (Å²) in [6.45, 7) is 0. The first-order chi connectivity index (χ1) is 6.75. The highest BCUT2D eigenvalue weighted by molar-refractivity contribution is 9.10. The number of halogens is 6. The van der Waals surface area contributed by atoms with Crippen molar-refractivity contribution in [3.63, 3.8) is 0 Å². The lowest BCUT2D eigenvalue weighted by Gasteiger charge is -2.13. The van der Waals surface area contributed by atoms with Gasteiger partial charge in [-0.05, 0) is 22.0 Å². The van der Waals surface area contributed by atoms with Gasteiger partial charge in [0.15, 0.2) is 0 Å². The first-order valence-electron chi connectivity index (χ1n) is 3.68. The van der Waals surface area contributed by atoms with Gasteiger partial charge < -0.3 is 5.73 Å². The van der Waals surface area contributed by atoms with Crippen LogP contribution >= 0.6 is 15.9 Å². The maximum absolute atomic E-state index is 12.3. The highest BCUT2D eigenvalue weighted by Crippen LogP contribution is 2.40. The van der Waals surface area contributed by atoms with Crippen LogP contribution in [0.2, 0.25) is 0 Å². The zero-order chi connectivity index (χ0) is 11.8. The van der Waals surface area contributed by atoms with Crippen molar-refractivity contribution in [1.82, 2.24) is 0 Å². The zero-order valence-corrected chi connectivity index (χ0v) is 8.66. The van der Waals surface area contributed by atoms with Gasteiger partial charge in [0.05, 0.1) is 11.3 Å². The molecule has 0 aromatic heterocycles. The van der Waals surface area contributed by atoms with Crippen LogP contribution in [-0.4, -0.2) is 0 Å². The molecular weight excluding hydrogens is 285 g/mol. The van der Waals surface area contributed by atoms with Crippen LogP contribution in [0, 0.1) is 0 Å². The van der Waals surface area contributed by atoms with Crippen LogP contribution in [0.15, 0.2) is 16.6 Å². The van der Waals surface area contributed by atoms with E-state index in [1.807, 2.05) is 0 Å². The molecule has 7 heteroatoms. The Hall–Kier alpha value is -0.850. The smallest absolute Gasteiger partial charge is 0.397 e. The van der Waals surface area contributed by atoms with Crippen LogP contribution in [0.1, 0.15) is 17.6 Å². The molecule has 0 aliphatic rings. The third-order valence-electron chi connectivity index (χ3n) is 1.75. The average Bonchev–Trinajstić information content (AvgIpc) is 2.06. The van der Waals surface area contributed by atoms with Crippen LogP contribution in [0.4, 0.5) is 27.6 Å². The van der Waals surface area contributed by atoms with E-state index in [4.69, 9.17) is 5.73 Å². The predicted molar refractivity (Wildman–Crippen MR) is 48.5 cm³/mol. The standard InChI is InChI=1S/C8H5BrF5N/c9-5-3(7(10)11)1-2-4(6(5)15)8(12,13)14/h1-2,7H,15H2. The Labute approximate surface area is 90.2 Å². The van der Waals surface area contributed by atoms with E-state index in [0.29, 0.717) is 12.1 Å². The number of anilines is 1. The van der Waals surface area contributed by atoms with E-state index >= 15 is 0 Å². The second-order valence-electron chi connectivity index (χ2n) is 2.73. The summed E-state index contributed by atoms with van der Waals surface area (Å²) >= 11 is 2.62. The molecule has 0 amide bonds. The molecule has 0 radical (unpaired) electrons. The van der Waals surface area contributed by atoms with Crippen LogP contribution < -0.4 is 5.73 Å². The van der Waals surface area contributed by atoms with E-state index in [1.54, 1.807) is 0 Å². The molecule has 1 nitrogen and oxygen atoms in total. The lowest BCUT2D eigenvalue weighted by Crippen LogP contribution is -2.10. The Morgan fingerprint density at radius 1 is 1.20 bits per heavy atom. The van der Waals surface area contributed by atoms with Gasteiger partial charge in [-0.3, -0.25) is 0 Å². The fourth-order valence-electron chi connectivity index (χ4n) is 1.03. The number of alkyl halides is 5. The molecule has 0 bridgehead atoms. The average molecular weight is 290 g/mol. The molecule has 1 rings (SSSR count). The van der Waals surface area contributed by atoms with Crippen molar-refractivity contribution in [3.05, 3.63) is 27.7 Å². The third kappa shape index (κ3) is 2.39. The number of rotatable bonds is 1. The van der Waals surface area contributed by atoms with Crippen molar-refractivity contribution in [2.45, 2.75) is 12.6 Å². The Balaban J connectivity index is 3.34. The van der Waals surface area contributed by atoms with Crippen molar-refractivity contribution in [1.29, 1.82) is 0 Å². The first kappa shape index (κ1) is 12.2. The Kier molecular flexibility index (Phi) is 3.22.